The molecular weight excluding hydrogens is 160 g/mol. The molecule has 6 nitrogen and oxygen atoms in total. The molecule has 0 saturated carbocycles. The van der Waals surface area contributed by atoms with Crippen molar-refractivity contribution in [3.63, 3.8) is 0 Å². The van der Waals surface area contributed by atoms with Crippen LogP contribution in [0.25, 0.3) is 0 Å². The molecule has 12 heavy (non-hydrogen) atoms. The van der Waals surface area contributed by atoms with E-state index in [2.05, 4.69) is 10.2 Å². The van der Waals surface area contributed by atoms with Crippen LogP contribution < -0.4 is 0 Å². The maximum absolute atomic E-state index is 10.5. The lowest BCUT2D eigenvalue weighted by atomic mass is 10.5. The topological polar surface area (TPSA) is 68.5 Å². The number of rotatable bonds is 0. The molecule has 0 spiro atoms. The molecule has 0 aromatic carbocycles. The monoisotopic (exact) mass is 166 g/mol. The second-order valence-corrected chi connectivity index (χ2v) is 2.33. The van der Waals surface area contributed by atoms with Crippen molar-refractivity contribution in [1.82, 2.24) is 9.80 Å². The van der Waals surface area contributed by atoms with E-state index in [1.165, 1.54) is 12.4 Å². The highest BCUT2D eigenvalue weighted by molar-refractivity contribution is 5.68. The Balaban J connectivity index is 2.25. The molecule has 1 amide bonds. The number of azo groups is 1. The zero-order valence-electron chi connectivity index (χ0n) is 6.08. The van der Waals surface area contributed by atoms with E-state index in [1.54, 1.807) is 11.1 Å². The van der Waals surface area contributed by atoms with Gasteiger partial charge in [0, 0.05) is 12.4 Å². The molecule has 0 unspecified atom stereocenters. The summed E-state index contributed by atoms with van der Waals surface area (Å²) in [6.07, 6.45) is 3.46. The van der Waals surface area contributed by atoms with Gasteiger partial charge in [-0.25, -0.2) is 4.79 Å². The smallest absolute Gasteiger partial charge is 0.415 e. The summed E-state index contributed by atoms with van der Waals surface area (Å²) in [5.41, 5.74) is 0. The van der Waals surface area contributed by atoms with Crippen LogP contribution in [0.2, 0.25) is 0 Å². The van der Waals surface area contributed by atoms with Crippen molar-refractivity contribution in [2.75, 3.05) is 6.67 Å². The van der Waals surface area contributed by atoms with E-state index >= 15 is 0 Å². The minimum Gasteiger partial charge on any atom is -0.464 e. The van der Waals surface area contributed by atoms with Crippen LogP contribution in [-0.4, -0.2) is 27.7 Å². The number of amides is 1. The molecule has 0 saturated heterocycles. The number of hydrogen-bond donors (Lipinski definition) is 1. The van der Waals surface area contributed by atoms with Gasteiger partial charge in [0.25, 0.3) is 0 Å². The molecule has 0 bridgehead atoms. The van der Waals surface area contributed by atoms with Crippen LogP contribution in [0.1, 0.15) is 0 Å². The minimum absolute atomic E-state index is 0.468. The Bertz CT molecular complexity index is 307. The molecule has 2 aliphatic heterocycles. The second kappa shape index (κ2) is 2.33. The fourth-order valence-electron chi connectivity index (χ4n) is 0.964. The van der Waals surface area contributed by atoms with E-state index in [4.69, 9.17) is 5.11 Å². The molecule has 0 aromatic rings. The van der Waals surface area contributed by atoms with Crippen molar-refractivity contribution < 1.29 is 9.90 Å². The Kier molecular flexibility index (Phi) is 1.33. The molecule has 0 aliphatic carbocycles. The summed E-state index contributed by atoms with van der Waals surface area (Å²) in [5, 5.41) is 16.1. The van der Waals surface area contributed by atoms with Crippen molar-refractivity contribution in [2.45, 2.75) is 0 Å². The zero-order chi connectivity index (χ0) is 8.55. The van der Waals surface area contributed by atoms with Crippen molar-refractivity contribution in [3.8, 4) is 0 Å². The van der Waals surface area contributed by atoms with Gasteiger partial charge in [0.15, 0.2) is 5.82 Å². The van der Waals surface area contributed by atoms with Crippen LogP contribution in [0.5, 0.6) is 0 Å². The maximum atomic E-state index is 10.5. The largest absolute Gasteiger partial charge is 0.464 e. The van der Waals surface area contributed by atoms with Gasteiger partial charge in [-0.15, -0.1) is 5.11 Å². The van der Waals surface area contributed by atoms with Crippen molar-refractivity contribution in [1.29, 1.82) is 0 Å². The van der Waals surface area contributed by atoms with Gasteiger partial charge in [0.2, 0.25) is 0 Å². The number of nitrogens with zero attached hydrogens (tertiary/aromatic N) is 4. The van der Waals surface area contributed by atoms with Crippen LogP contribution >= 0.6 is 0 Å². The first-order valence-corrected chi connectivity index (χ1v) is 3.33. The molecule has 0 atom stereocenters. The van der Waals surface area contributed by atoms with Gasteiger partial charge in [0.05, 0.1) is 6.20 Å². The summed E-state index contributed by atoms with van der Waals surface area (Å²) in [4.78, 5) is 13.3. The lowest BCUT2D eigenvalue weighted by Gasteiger charge is -2.19. The van der Waals surface area contributed by atoms with Gasteiger partial charge in [-0.3, -0.25) is 4.90 Å². The van der Waals surface area contributed by atoms with Crippen LogP contribution in [0.15, 0.2) is 34.6 Å². The third kappa shape index (κ3) is 0.931. The Morgan fingerprint density at radius 1 is 1.58 bits per heavy atom. The van der Waals surface area contributed by atoms with Gasteiger partial charge in [-0.2, -0.15) is 5.11 Å². The quantitative estimate of drug-likeness (QED) is 0.583. The van der Waals surface area contributed by atoms with E-state index in [0.717, 1.165) is 4.90 Å². The highest BCUT2D eigenvalue weighted by atomic mass is 16.4. The first-order valence-electron chi connectivity index (χ1n) is 3.33. The fourth-order valence-corrected chi connectivity index (χ4v) is 0.964. The summed E-state index contributed by atoms with van der Waals surface area (Å²) >= 11 is 0. The molecule has 1 N–H and O–H groups in total. The lowest BCUT2D eigenvalue weighted by Crippen LogP contribution is -2.25. The average Bonchev–Trinajstić information content (AvgIpc) is 2.49. The lowest BCUT2D eigenvalue weighted by molar-refractivity contribution is 0.173. The summed E-state index contributed by atoms with van der Waals surface area (Å²) in [5.74, 6) is 0.555. The van der Waals surface area contributed by atoms with Gasteiger partial charge in [-0.05, 0) is 0 Å². The normalized spacial score (nSPS) is 19.5. The second-order valence-electron chi connectivity index (χ2n) is 2.33. The van der Waals surface area contributed by atoms with Gasteiger partial charge < -0.3 is 10.0 Å². The summed E-state index contributed by atoms with van der Waals surface area (Å²) in [7, 11) is 0. The SMILES string of the molecule is O=C(O)N1C=CN2CN=NC2=C1. The molecule has 0 fully saturated rings. The van der Waals surface area contributed by atoms with Crippen LogP contribution in [0.3, 0.4) is 0 Å². The molecule has 6 heteroatoms. The number of fused-ring (bicyclic) bond motifs is 1. The minimum atomic E-state index is -1.03. The Hall–Kier alpha value is -1.85. The predicted octanol–water partition coefficient (Wildman–Crippen LogP) is 0.975. The predicted molar refractivity (Wildman–Crippen MR) is 38.6 cm³/mol. The average molecular weight is 166 g/mol. The summed E-state index contributed by atoms with van der Waals surface area (Å²) < 4.78 is 0. The highest BCUT2D eigenvalue weighted by Gasteiger charge is 2.19. The van der Waals surface area contributed by atoms with Crippen LogP contribution in [0, 0.1) is 0 Å². The van der Waals surface area contributed by atoms with Crippen molar-refractivity contribution in [2.24, 2.45) is 10.2 Å². The fraction of sp³-hybridized carbons (Fsp3) is 0.167. The standard InChI is InChI=1S/C6H6N4O2/c11-6(12)9-1-2-10-4-7-8-5(10)3-9/h1-3H,4H2,(H,11,12). The number of carboxylic acid groups (broad SMARTS) is 1. The third-order valence-electron chi connectivity index (χ3n) is 1.57. The Labute approximate surface area is 68.1 Å². The molecule has 0 aromatic heterocycles. The third-order valence-corrected chi connectivity index (χ3v) is 1.57. The van der Waals surface area contributed by atoms with E-state index in [9.17, 15) is 4.79 Å². The molecule has 2 heterocycles. The van der Waals surface area contributed by atoms with E-state index in [0.29, 0.717) is 12.5 Å². The van der Waals surface area contributed by atoms with Crippen molar-refractivity contribution in [3.05, 3.63) is 24.4 Å². The number of carbonyl (C=O) groups is 1. The maximum Gasteiger partial charge on any atom is 0.415 e. The zero-order valence-corrected chi connectivity index (χ0v) is 6.08. The summed E-state index contributed by atoms with van der Waals surface area (Å²) in [6.45, 7) is 0.468. The molecule has 62 valence electrons. The molecule has 2 aliphatic rings. The first-order chi connectivity index (χ1) is 5.77. The van der Waals surface area contributed by atoms with Gasteiger partial charge >= 0.3 is 6.09 Å². The highest BCUT2D eigenvalue weighted by Crippen LogP contribution is 2.19. The van der Waals surface area contributed by atoms with Crippen LogP contribution in [0.4, 0.5) is 4.79 Å². The first kappa shape index (κ1) is 6.84. The van der Waals surface area contributed by atoms with E-state index in [-0.39, 0.29) is 0 Å². The molecule has 2 rings (SSSR count). The Morgan fingerprint density at radius 3 is 3.17 bits per heavy atom. The van der Waals surface area contributed by atoms with Crippen molar-refractivity contribution >= 4 is 6.09 Å². The van der Waals surface area contributed by atoms with Crippen LogP contribution in [-0.2, 0) is 0 Å². The molecular formula is C6H6N4O2. The van der Waals surface area contributed by atoms with Gasteiger partial charge in [0.1, 0.15) is 6.67 Å². The Morgan fingerprint density at radius 2 is 2.42 bits per heavy atom. The van der Waals surface area contributed by atoms with Gasteiger partial charge in [-0.1, -0.05) is 0 Å². The van der Waals surface area contributed by atoms with E-state index < -0.39 is 6.09 Å². The molecule has 0 radical (unpaired) electrons. The number of hydrogen-bond acceptors (Lipinski definition) is 4. The van der Waals surface area contributed by atoms with E-state index in [1.807, 2.05) is 0 Å². The summed E-state index contributed by atoms with van der Waals surface area (Å²) in [6, 6.07) is 0.